The molecule has 0 amide bonds. The van der Waals surface area contributed by atoms with E-state index in [-0.39, 0.29) is 39.7 Å². The van der Waals surface area contributed by atoms with Gasteiger partial charge in [-0.05, 0) is 159 Å². The second-order valence-electron chi connectivity index (χ2n) is 20.2. The van der Waals surface area contributed by atoms with E-state index in [1.54, 1.807) is 30.7 Å². The molecule has 0 atom stereocenters. The molecule has 86 heavy (non-hydrogen) atoms. The summed E-state index contributed by atoms with van der Waals surface area (Å²) < 4.78 is 102. The third-order valence-corrected chi connectivity index (χ3v) is 16.0. The number of pyridine rings is 3. The maximum Gasteiger partial charge on any atom is 1.20 e. The molecule has 11 aromatic rings. The lowest BCUT2D eigenvalue weighted by molar-refractivity contribution is -0.143. The van der Waals surface area contributed by atoms with Crippen molar-refractivity contribution in [1.29, 1.82) is 10.5 Å². The molecule has 17 heteroatoms. The van der Waals surface area contributed by atoms with E-state index in [4.69, 9.17) is 24.5 Å². The van der Waals surface area contributed by atoms with Gasteiger partial charge in [-0.2, -0.15) is 26.3 Å². The molecule has 0 spiro atoms. The van der Waals surface area contributed by atoms with Crippen molar-refractivity contribution in [1.82, 2.24) is 15.0 Å². The Morgan fingerprint density at radius 2 is 0.779 bits per heavy atom. The Morgan fingerprint density at radius 1 is 0.419 bits per heavy atom. The van der Waals surface area contributed by atoms with E-state index < -0.39 is 38.6 Å². The van der Waals surface area contributed by atoms with Crippen molar-refractivity contribution in [3.63, 3.8) is 0 Å². The van der Waals surface area contributed by atoms with Crippen LogP contribution in [0.1, 0.15) is 44.5 Å². The number of aromatic nitrogens is 3. The van der Waals surface area contributed by atoms with Crippen LogP contribution in [0.25, 0.3) is 98.1 Å². The molecule has 0 saturated heterocycles. The molecule has 13 rings (SSSR count). The monoisotopic (exact) mass is 1150 g/mol. The van der Waals surface area contributed by atoms with Gasteiger partial charge in [0.25, 0.3) is 11.4 Å². The number of aryl methyl sites for hydroxylation is 2. The fourth-order valence-corrected chi connectivity index (χ4v) is 12.4. The van der Waals surface area contributed by atoms with Gasteiger partial charge in [-0.15, -0.1) is 0 Å². The smallest absolute Gasteiger partial charge is 0.576 e. The number of hydrogen-bond acceptors (Lipinski definition) is 8. The van der Waals surface area contributed by atoms with Gasteiger partial charge in [0, 0.05) is 45.9 Å². The van der Waals surface area contributed by atoms with E-state index in [1.807, 2.05) is 147 Å². The molecule has 412 valence electrons. The molecule has 2 aliphatic carbocycles. The lowest BCUT2D eigenvalue weighted by Gasteiger charge is -2.18. The predicted molar refractivity (Wildman–Crippen MR) is 317 cm³/mol. The molecule has 3 aromatic heterocycles. The number of alkyl halides is 6. The number of rotatable bonds is 8. The van der Waals surface area contributed by atoms with Crippen LogP contribution in [0.3, 0.4) is 0 Å². The van der Waals surface area contributed by atoms with Gasteiger partial charge in [-0.25, -0.2) is 20.2 Å². The van der Waals surface area contributed by atoms with Gasteiger partial charge in [0.2, 0.25) is 0 Å². The minimum absolute atomic E-state index is 0.0140. The predicted octanol–water partition coefficient (Wildman–Crippen LogP) is 17.9. The summed E-state index contributed by atoms with van der Waals surface area (Å²) >= 11 is -2.86. The number of nitrogens with zero attached hydrogens (tertiary/aromatic N) is 7. The Bertz CT molecular complexity index is 4600. The zero-order valence-corrected chi connectivity index (χ0v) is 46.3. The van der Waals surface area contributed by atoms with Gasteiger partial charge in [0.1, 0.15) is 33.8 Å². The number of nitriles is 2. The summed E-state index contributed by atoms with van der Waals surface area (Å²) in [6.07, 6.45) is -4.87. The van der Waals surface area contributed by atoms with Gasteiger partial charge in [-0.3, -0.25) is 15.0 Å². The average Bonchev–Trinajstić information content (AvgIpc) is 1.70. The number of fused-ring (bicyclic) bond motifs is 9. The van der Waals surface area contributed by atoms with Crippen LogP contribution in [-0.2, 0) is 12.4 Å². The van der Waals surface area contributed by atoms with Crippen molar-refractivity contribution in [2.45, 2.75) is 26.2 Å². The highest BCUT2D eigenvalue weighted by Crippen LogP contribution is 2.55. The summed E-state index contributed by atoms with van der Waals surface area (Å²) in [6, 6.07) is 54.0. The van der Waals surface area contributed by atoms with Crippen LogP contribution < -0.4 is 11.4 Å². The zero-order valence-electron chi connectivity index (χ0n) is 45.2. The van der Waals surface area contributed by atoms with Crippen molar-refractivity contribution in [3.8, 4) is 73.9 Å². The summed E-state index contributed by atoms with van der Waals surface area (Å²) in [4.78, 5) is 20.5. The Kier molecular flexibility index (Phi) is 14.4. The largest absolute Gasteiger partial charge is 1.20 e. The Balaban J connectivity index is 0.000000183. The van der Waals surface area contributed by atoms with Crippen molar-refractivity contribution >= 4 is 59.0 Å². The van der Waals surface area contributed by atoms with Crippen LogP contribution in [0, 0.1) is 49.7 Å². The van der Waals surface area contributed by atoms with Gasteiger partial charge in [-0.1, -0.05) is 108 Å². The molecule has 0 aliphatic heterocycles. The molecule has 3 heterocycles. The van der Waals surface area contributed by atoms with Crippen molar-refractivity contribution in [3.05, 3.63) is 273 Å². The fourth-order valence-electron chi connectivity index (χ4n) is 11.0. The van der Waals surface area contributed by atoms with E-state index in [2.05, 4.69) is 30.7 Å². The maximum atomic E-state index is 13.7. The lowest BCUT2D eigenvalue weighted by Crippen LogP contribution is -2.37. The van der Waals surface area contributed by atoms with Crippen LogP contribution in [0.5, 0.6) is 17.2 Å². The first-order valence-corrected chi connectivity index (χ1v) is 27.8. The highest BCUT2D eigenvalue weighted by atomic mass is 27.3. The number of para-hydroxylation sites is 3. The first-order valence-electron chi connectivity index (χ1n) is 26.4. The Labute approximate surface area is 493 Å². The van der Waals surface area contributed by atoms with E-state index in [9.17, 15) is 36.9 Å². The second kappa shape index (κ2) is 22.3. The quantitative estimate of drug-likeness (QED) is 0.0638. The molecule has 0 radical (unpaired) electrons. The van der Waals surface area contributed by atoms with E-state index in [0.29, 0.717) is 73.9 Å². The third-order valence-electron chi connectivity index (χ3n) is 14.7. The number of allylic oxidation sites excluding steroid dienone is 2. The molecule has 2 aliphatic rings. The van der Waals surface area contributed by atoms with Gasteiger partial charge in [0.05, 0.1) is 36.4 Å². The molecule has 0 saturated carbocycles. The van der Waals surface area contributed by atoms with Gasteiger partial charge >= 0.3 is 27.5 Å². The molecular weight excluding hydrogens is 1120 g/mol. The highest BCUT2D eigenvalue weighted by molar-refractivity contribution is 6.40. The topological polar surface area (TPSA) is 123 Å². The molecule has 0 N–H and O–H groups in total. The Morgan fingerprint density at radius 3 is 1.14 bits per heavy atom. The number of benzene rings is 8. The van der Waals surface area contributed by atoms with Gasteiger partial charge in [0.15, 0.2) is 0 Å². The van der Waals surface area contributed by atoms with Crippen molar-refractivity contribution in [2.75, 3.05) is 0 Å². The zero-order chi connectivity index (χ0) is 60.0. The summed E-state index contributed by atoms with van der Waals surface area (Å²) in [5.41, 5.74) is 7.30. The average molecular weight is 1150 g/mol. The Hall–Kier alpha value is -11.1. The second-order valence-corrected chi connectivity index (χ2v) is 21.4. The molecule has 0 bridgehead atoms. The summed E-state index contributed by atoms with van der Waals surface area (Å²) in [5.74, 6) is 1.82. The van der Waals surface area contributed by atoms with Gasteiger partial charge < -0.3 is 11.4 Å². The standard InChI is InChI=1S/C42H20F6N4.3C9H7NO.Al/c1-21-9-22(2)11-25(10-21)23-5-7-29-31-17-36-32(18-35(31)39(33(29)14-23)37(19-49)51-3)30-8-6-24(15-34(30)40(36)38(20-50)52-4)26-12-27(41(43,44)45)16-28(13-26)42(46,47)48;3*11-8-5-1-3-7-4-2-6-10-9(7)8;/h5-18H,1-2H3;3*1-6,11H;/q;;;;+3/p-3/b39-37+,40-38-;;;;. The van der Waals surface area contributed by atoms with Crippen LogP contribution in [0.15, 0.2) is 206 Å². The van der Waals surface area contributed by atoms with Crippen LogP contribution in [-0.4, -0.2) is 30.1 Å². The molecule has 0 unspecified atom stereocenters. The first-order chi connectivity index (χ1) is 41.5. The van der Waals surface area contributed by atoms with Crippen LogP contribution in [0.2, 0.25) is 0 Å². The van der Waals surface area contributed by atoms with E-state index in [0.717, 1.165) is 55.0 Å². The fraction of sp³-hybridized carbons (Fsp3) is 0.0580. The minimum Gasteiger partial charge on any atom is -0.576 e. The third kappa shape index (κ3) is 10.5. The summed E-state index contributed by atoms with van der Waals surface area (Å²) in [7, 11) is 0. The maximum absolute atomic E-state index is 13.7. The molecule has 10 nitrogen and oxygen atoms in total. The minimum atomic E-state index is -5.05. The number of halogens is 6. The first kappa shape index (κ1) is 55.5. The SMILES string of the molecule is [C-]#[N+]/C(C#N)=C1/c2cc(-c3cc(C(F)(F)F)cc(C(F)(F)F)c3)ccc2-c2cc3c(cc21)-c1ccc(-c2cc(C)cc(C)c2)cc1/C3=C(/C#N)[N+]#[C-].c1cnc2c([O][Al]([O]c3cccc4cccnc34)[O]c3cccc4cccnc34)cccc2c1. The summed E-state index contributed by atoms with van der Waals surface area (Å²) in [5, 5.41) is 23.0. The van der Waals surface area contributed by atoms with E-state index >= 15 is 0 Å². The number of hydrogen-bond donors (Lipinski definition) is 0. The lowest BCUT2D eigenvalue weighted by atomic mass is 9.94. The van der Waals surface area contributed by atoms with Crippen molar-refractivity contribution in [2.24, 2.45) is 0 Å². The summed E-state index contributed by atoms with van der Waals surface area (Å²) in [6.45, 7) is 19.6. The van der Waals surface area contributed by atoms with Crippen molar-refractivity contribution < 1.29 is 37.7 Å². The molecule has 8 aromatic carbocycles. The normalized spacial score (nSPS) is 13.1. The molecule has 0 fully saturated rings. The highest BCUT2D eigenvalue weighted by Gasteiger charge is 2.46. The molecular formula is C69H38AlF6N7O3. The van der Waals surface area contributed by atoms with Crippen LogP contribution >= 0.6 is 0 Å². The van der Waals surface area contributed by atoms with E-state index in [1.165, 1.54) is 18.2 Å². The van der Waals surface area contributed by atoms with Crippen LogP contribution in [0.4, 0.5) is 26.3 Å².